The molecule has 0 aromatic heterocycles. The van der Waals surface area contributed by atoms with E-state index in [4.69, 9.17) is 0 Å². The van der Waals surface area contributed by atoms with Crippen molar-refractivity contribution in [1.29, 1.82) is 0 Å². The summed E-state index contributed by atoms with van der Waals surface area (Å²) in [5.74, 6) is 0. The van der Waals surface area contributed by atoms with Gasteiger partial charge in [0.15, 0.2) is 0 Å². The van der Waals surface area contributed by atoms with Crippen LogP contribution in [0.3, 0.4) is 0 Å². The van der Waals surface area contributed by atoms with Crippen molar-refractivity contribution in [2.75, 3.05) is 0 Å². The fourth-order valence-electron chi connectivity index (χ4n) is 0. The molecule has 0 saturated heterocycles. The van der Waals surface area contributed by atoms with Crippen molar-refractivity contribution in [3.63, 3.8) is 0 Å². The number of halogens is 6. The summed E-state index contributed by atoms with van der Waals surface area (Å²) in [5.41, 5.74) is 0. The first kappa shape index (κ1) is 92.1. The SMILES string of the molecule is Cl.Cl.Cl.Cl.Cl.Cl.[La]. The van der Waals surface area contributed by atoms with Crippen LogP contribution in [-0.4, -0.2) is 0 Å². The van der Waals surface area contributed by atoms with Crippen molar-refractivity contribution >= 4 is 74.4 Å². The average molecular weight is 358 g/mol. The van der Waals surface area contributed by atoms with Crippen LogP contribution in [0.5, 0.6) is 0 Å². The van der Waals surface area contributed by atoms with Gasteiger partial charge in [0.2, 0.25) is 0 Å². The molecule has 0 unspecified atom stereocenters. The third kappa shape index (κ3) is 49.9. The zero-order chi connectivity index (χ0) is 0. The molecule has 7 heavy (non-hydrogen) atoms. The summed E-state index contributed by atoms with van der Waals surface area (Å²) in [6.07, 6.45) is 0. The Morgan fingerprint density at radius 2 is 0.286 bits per heavy atom. The molecule has 0 rings (SSSR count). The Balaban J connectivity index is 0. The summed E-state index contributed by atoms with van der Waals surface area (Å²) in [7, 11) is 0. The molecule has 0 nitrogen and oxygen atoms in total. The van der Waals surface area contributed by atoms with Gasteiger partial charge in [-0.2, -0.15) is 0 Å². The topological polar surface area (TPSA) is 0 Å². The van der Waals surface area contributed by atoms with Gasteiger partial charge >= 0.3 is 0 Å². The van der Waals surface area contributed by atoms with E-state index >= 15 is 0 Å². The number of hydrogen-bond acceptors (Lipinski definition) is 0. The van der Waals surface area contributed by atoms with Crippen LogP contribution in [0.2, 0.25) is 0 Å². The molecule has 7 heteroatoms. The van der Waals surface area contributed by atoms with Crippen molar-refractivity contribution in [3.8, 4) is 0 Å². The molecule has 0 bridgehead atoms. The predicted octanol–water partition coefficient (Wildman–Crippen LogP) is 2.53. The second kappa shape index (κ2) is 65.3. The third-order valence-electron chi connectivity index (χ3n) is 0. The van der Waals surface area contributed by atoms with Crippen LogP contribution in [0.15, 0.2) is 0 Å². The van der Waals surface area contributed by atoms with E-state index in [1.807, 2.05) is 0 Å². The normalized spacial score (nSPS) is 0. The molecule has 0 atom stereocenters. The van der Waals surface area contributed by atoms with Gasteiger partial charge in [-0.05, 0) is 0 Å². The maximum absolute atomic E-state index is 0. The summed E-state index contributed by atoms with van der Waals surface area (Å²) < 4.78 is 0. The molecule has 51 valence electrons. The first-order valence-electron chi connectivity index (χ1n) is 0. The Morgan fingerprint density at radius 1 is 0.286 bits per heavy atom. The maximum Gasteiger partial charge on any atom is 0 e. The zero-order valence-electron chi connectivity index (χ0n) is 3.03. The molecular weight excluding hydrogens is 352 g/mol. The summed E-state index contributed by atoms with van der Waals surface area (Å²) >= 11 is 0. The summed E-state index contributed by atoms with van der Waals surface area (Å²) in [6, 6.07) is 0. The van der Waals surface area contributed by atoms with Gasteiger partial charge in [-0.25, -0.2) is 0 Å². The molecule has 0 aliphatic carbocycles. The average Bonchev–Trinajstić information content (AvgIpc) is 0. The van der Waals surface area contributed by atoms with Crippen molar-refractivity contribution in [2.45, 2.75) is 0 Å². The standard InChI is InChI=1S/6ClH.La/h6*1H;. The molecule has 0 amide bonds. The van der Waals surface area contributed by atoms with E-state index in [0.717, 1.165) is 0 Å². The van der Waals surface area contributed by atoms with Gasteiger partial charge < -0.3 is 0 Å². The van der Waals surface area contributed by atoms with Gasteiger partial charge in [-0.15, -0.1) is 74.4 Å². The van der Waals surface area contributed by atoms with Gasteiger partial charge in [0.05, 0.1) is 0 Å². The van der Waals surface area contributed by atoms with Crippen LogP contribution in [-0.2, 0) is 0 Å². The first-order valence-corrected chi connectivity index (χ1v) is 0. The fourth-order valence-corrected chi connectivity index (χ4v) is 0. The van der Waals surface area contributed by atoms with Crippen LogP contribution >= 0.6 is 74.4 Å². The minimum absolute atomic E-state index is 0. The molecule has 0 aromatic rings. The summed E-state index contributed by atoms with van der Waals surface area (Å²) in [5, 5.41) is 0. The summed E-state index contributed by atoms with van der Waals surface area (Å²) in [4.78, 5) is 0. The molecule has 1 radical (unpaired) electrons. The Labute approximate surface area is 108 Å². The first-order chi connectivity index (χ1) is 0. The number of rotatable bonds is 0. The third-order valence-corrected chi connectivity index (χ3v) is 0. The Morgan fingerprint density at radius 3 is 0.286 bits per heavy atom. The summed E-state index contributed by atoms with van der Waals surface area (Å²) in [6.45, 7) is 0. The minimum Gasteiger partial charge on any atom is -0.147 e. The minimum atomic E-state index is 0. The van der Waals surface area contributed by atoms with Crippen LogP contribution in [0, 0.1) is 35.6 Å². The quantitative estimate of drug-likeness (QED) is 0.625. The van der Waals surface area contributed by atoms with E-state index in [9.17, 15) is 0 Å². The van der Waals surface area contributed by atoms with E-state index in [2.05, 4.69) is 0 Å². The molecule has 0 saturated carbocycles. The van der Waals surface area contributed by atoms with Gasteiger partial charge in [-0.1, -0.05) is 0 Å². The molecule has 0 aliphatic heterocycles. The molecule has 0 spiro atoms. The second-order valence-corrected chi connectivity index (χ2v) is 0. The van der Waals surface area contributed by atoms with Crippen molar-refractivity contribution in [3.05, 3.63) is 0 Å². The smallest absolute Gasteiger partial charge is 0 e. The van der Waals surface area contributed by atoms with Crippen LogP contribution in [0.4, 0.5) is 0 Å². The molecule has 0 heterocycles. The van der Waals surface area contributed by atoms with Gasteiger partial charge in [0.25, 0.3) is 0 Å². The Kier molecular flexibility index (Phi) is 859. The molecule has 0 N–H and O–H groups in total. The van der Waals surface area contributed by atoms with E-state index in [0.29, 0.717) is 0 Å². The monoisotopic (exact) mass is 355 g/mol. The van der Waals surface area contributed by atoms with Crippen LogP contribution in [0.1, 0.15) is 0 Å². The zero-order valence-corrected chi connectivity index (χ0v) is 11.6. The molecule has 0 aromatic carbocycles. The van der Waals surface area contributed by atoms with Crippen LogP contribution in [0.25, 0.3) is 0 Å². The maximum atomic E-state index is 0. The van der Waals surface area contributed by atoms with Crippen molar-refractivity contribution in [1.82, 2.24) is 0 Å². The molecule has 0 aliphatic rings. The number of hydrogen-bond donors (Lipinski definition) is 0. The van der Waals surface area contributed by atoms with E-state index in [1.165, 1.54) is 0 Å². The second-order valence-electron chi connectivity index (χ2n) is 0. The Bertz CT molecular complexity index is 4.14. The van der Waals surface area contributed by atoms with E-state index in [1.54, 1.807) is 0 Å². The van der Waals surface area contributed by atoms with Crippen molar-refractivity contribution in [2.24, 2.45) is 0 Å². The predicted molar refractivity (Wildman–Crippen MR) is 43.5 cm³/mol. The fraction of sp³-hybridized carbons (Fsp3) is 0. The van der Waals surface area contributed by atoms with Crippen molar-refractivity contribution < 1.29 is 35.6 Å². The molecule has 0 fully saturated rings. The van der Waals surface area contributed by atoms with E-state index in [-0.39, 0.29) is 110 Å². The molecular formula is H6Cl6La. The van der Waals surface area contributed by atoms with Crippen LogP contribution < -0.4 is 0 Å². The van der Waals surface area contributed by atoms with E-state index < -0.39 is 0 Å². The van der Waals surface area contributed by atoms with Gasteiger partial charge in [-0.3, -0.25) is 0 Å². The van der Waals surface area contributed by atoms with Gasteiger partial charge in [0.1, 0.15) is 0 Å². The van der Waals surface area contributed by atoms with Gasteiger partial charge in [0, 0.05) is 35.6 Å². The largest absolute Gasteiger partial charge is 0.147 e. The Hall–Kier alpha value is 2.93.